The quantitative estimate of drug-likeness (QED) is 0.402. The van der Waals surface area contributed by atoms with Gasteiger partial charge in [-0.3, -0.25) is 19.5 Å². The molecule has 154 valence electrons. The zero-order valence-corrected chi connectivity index (χ0v) is 16.7. The van der Waals surface area contributed by atoms with Gasteiger partial charge in [0.25, 0.3) is 5.78 Å². The van der Waals surface area contributed by atoms with Crippen molar-refractivity contribution in [2.75, 3.05) is 4.90 Å². The minimum absolute atomic E-state index is 0.0220. The fourth-order valence-corrected chi connectivity index (χ4v) is 4.15. The number of ketones is 1. The number of benzene rings is 1. The van der Waals surface area contributed by atoms with Crippen LogP contribution in [0.4, 0.5) is 5.82 Å². The van der Waals surface area contributed by atoms with Crippen LogP contribution in [0.25, 0.3) is 5.76 Å². The number of hydrogen-bond acceptors (Lipinski definition) is 6. The summed E-state index contributed by atoms with van der Waals surface area (Å²) in [6, 6.07) is 13.0. The van der Waals surface area contributed by atoms with Gasteiger partial charge in [0.15, 0.2) is 0 Å². The fourth-order valence-electron chi connectivity index (χ4n) is 4.15. The molecule has 2 unspecified atom stereocenters. The first-order valence-electron chi connectivity index (χ1n) is 9.96. The number of rotatable bonds is 3. The Balaban J connectivity index is 1.68. The number of carbonyl (C=O) groups is 2. The number of aliphatic hydroxyl groups is 1. The van der Waals surface area contributed by atoms with Crippen molar-refractivity contribution in [3.05, 3.63) is 89.4 Å². The summed E-state index contributed by atoms with van der Waals surface area (Å²) in [7, 11) is 0. The number of pyridine rings is 2. The third-order valence-electron chi connectivity index (χ3n) is 5.53. The molecule has 1 fully saturated rings. The van der Waals surface area contributed by atoms with Crippen molar-refractivity contribution >= 4 is 23.3 Å². The number of nitrogens with zero attached hydrogens (tertiary/aromatic N) is 3. The highest BCUT2D eigenvalue weighted by atomic mass is 16.5. The van der Waals surface area contributed by atoms with E-state index in [1.165, 1.54) is 4.90 Å². The zero-order chi connectivity index (χ0) is 21.5. The van der Waals surface area contributed by atoms with Crippen LogP contribution in [0.3, 0.4) is 0 Å². The van der Waals surface area contributed by atoms with Crippen molar-refractivity contribution in [3.63, 3.8) is 0 Å². The second-order valence-electron chi connectivity index (χ2n) is 7.59. The summed E-state index contributed by atoms with van der Waals surface area (Å²) in [4.78, 5) is 35.7. The van der Waals surface area contributed by atoms with E-state index in [2.05, 4.69) is 9.97 Å². The Morgan fingerprint density at radius 2 is 1.90 bits per heavy atom. The van der Waals surface area contributed by atoms with Gasteiger partial charge in [-0.2, -0.15) is 0 Å². The number of aromatic nitrogens is 2. The minimum Gasteiger partial charge on any atom is -0.507 e. The van der Waals surface area contributed by atoms with Crippen LogP contribution >= 0.6 is 0 Å². The summed E-state index contributed by atoms with van der Waals surface area (Å²) >= 11 is 0. The van der Waals surface area contributed by atoms with Gasteiger partial charge in [0.1, 0.15) is 23.4 Å². The molecule has 7 nitrogen and oxygen atoms in total. The van der Waals surface area contributed by atoms with Crippen LogP contribution < -0.4 is 9.64 Å². The molecular formula is C24H19N3O4. The van der Waals surface area contributed by atoms with Crippen LogP contribution in [-0.4, -0.2) is 32.9 Å². The van der Waals surface area contributed by atoms with E-state index in [0.717, 1.165) is 11.3 Å². The lowest BCUT2D eigenvalue weighted by molar-refractivity contribution is -0.132. The summed E-state index contributed by atoms with van der Waals surface area (Å²) in [5, 5.41) is 11.2. The highest BCUT2D eigenvalue weighted by Crippen LogP contribution is 2.42. The minimum atomic E-state index is -0.818. The molecule has 2 aliphatic heterocycles. The number of amides is 1. The Morgan fingerprint density at radius 3 is 2.65 bits per heavy atom. The number of carbonyl (C=O) groups excluding carboxylic acids is 2. The topological polar surface area (TPSA) is 92.6 Å². The summed E-state index contributed by atoms with van der Waals surface area (Å²) < 4.78 is 5.73. The number of hydrogen-bond donors (Lipinski definition) is 1. The normalized spacial score (nSPS) is 21.8. The molecule has 2 atom stereocenters. The third kappa shape index (κ3) is 3.15. The Morgan fingerprint density at radius 1 is 1.10 bits per heavy atom. The first-order valence-corrected chi connectivity index (χ1v) is 9.96. The van der Waals surface area contributed by atoms with Crippen molar-refractivity contribution in [1.29, 1.82) is 0 Å². The van der Waals surface area contributed by atoms with Crippen molar-refractivity contribution in [2.24, 2.45) is 0 Å². The number of Topliss-reactive ketones (excluding diaryl/α,β-unsaturated/α-hetero) is 1. The van der Waals surface area contributed by atoms with E-state index in [1.807, 2.05) is 13.0 Å². The maximum atomic E-state index is 13.1. The standard InChI is InChI=1S/C24H19N3O4/c1-14-12-17-13-16(5-6-18(17)31-14)22(28)20-21(15-7-10-25-11-8-15)27(24(30)23(20)29)19-4-2-3-9-26-19/h2-11,13-14,21,28H,12H2,1H3/b22-20+. The molecule has 0 aliphatic carbocycles. The van der Waals surface area contributed by atoms with E-state index < -0.39 is 17.7 Å². The van der Waals surface area contributed by atoms with Gasteiger partial charge in [-0.05, 0) is 60.5 Å². The Hall–Kier alpha value is -4.00. The smallest absolute Gasteiger partial charge is 0.301 e. The monoisotopic (exact) mass is 413 g/mol. The molecule has 7 heteroatoms. The molecule has 5 rings (SSSR count). The number of anilines is 1. The average Bonchev–Trinajstić information content (AvgIpc) is 3.30. The Bertz CT molecular complexity index is 1210. The lowest BCUT2D eigenvalue weighted by atomic mass is 9.95. The lowest BCUT2D eigenvalue weighted by Crippen LogP contribution is -2.30. The van der Waals surface area contributed by atoms with Crippen LogP contribution in [0.5, 0.6) is 5.75 Å². The van der Waals surface area contributed by atoms with Gasteiger partial charge in [-0.15, -0.1) is 0 Å². The van der Waals surface area contributed by atoms with Crippen LogP contribution in [0.15, 0.2) is 72.7 Å². The van der Waals surface area contributed by atoms with E-state index in [9.17, 15) is 14.7 Å². The van der Waals surface area contributed by atoms with Gasteiger partial charge in [0.05, 0.1) is 11.6 Å². The predicted octanol–water partition coefficient (Wildman–Crippen LogP) is 3.43. The lowest BCUT2D eigenvalue weighted by Gasteiger charge is -2.24. The van der Waals surface area contributed by atoms with Crippen molar-refractivity contribution < 1.29 is 19.4 Å². The second-order valence-corrected chi connectivity index (χ2v) is 7.59. The highest BCUT2D eigenvalue weighted by molar-refractivity contribution is 6.51. The molecule has 3 aromatic rings. The van der Waals surface area contributed by atoms with E-state index in [4.69, 9.17) is 4.74 Å². The van der Waals surface area contributed by atoms with Gasteiger partial charge in [-0.25, -0.2) is 4.98 Å². The summed E-state index contributed by atoms with van der Waals surface area (Å²) in [5.74, 6) is -0.610. The van der Waals surface area contributed by atoms with Gasteiger partial charge >= 0.3 is 5.91 Å². The second kappa shape index (κ2) is 7.36. The molecule has 1 N–H and O–H groups in total. The molecule has 0 saturated carbocycles. The summed E-state index contributed by atoms with van der Waals surface area (Å²) in [6.45, 7) is 1.97. The van der Waals surface area contributed by atoms with Gasteiger partial charge in [0.2, 0.25) is 0 Å². The molecule has 0 radical (unpaired) electrons. The van der Waals surface area contributed by atoms with E-state index in [-0.39, 0.29) is 17.4 Å². The highest BCUT2D eigenvalue weighted by Gasteiger charge is 2.47. The van der Waals surface area contributed by atoms with Gasteiger partial charge in [0, 0.05) is 30.6 Å². The molecular weight excluding hydrogens is 394 g/mol. The molecule has 31 heavy (non-hydrogen) atoms. The van der Waals surface area contributed by atoms with Crippen LogP contribution in [0.1, 0.15) is 29.7 Å². The van der Waals surface area contributed by atoms with Crippen LogP contribution in [0, 0.1) is 0 Å². The number of ether oxygens (including phenoxy) is 1. The van der Waals surface area contributed by atoms with Crippen LogP contribution in [0.2, 0.25) is 0 Å². The first kappa shape index (κ1) is 19.0. The van der Waals surface area contributed by atoms with Crippen LogP contribution in [-0.2, 0) is 16.0 Å². The Labute approximate surface area is 178 Å². The fraction of sp³-hybridized carbons (Fsp3) is 0.167. The van der Waals surface area contributed by atoms with E-state index in [1.54, 1.807) is 61.1 Å². The molecule has 4 heterocycles. The number of aliphatic hydroxyl groups excluding tert-OH is 1. The predicted molar refractivity (Wildman–Crippen MR) is 113 cm³/mol. The zero-order valence-electron chi connectivity index (χ0n) is 16.7. The van der Waals surface area contributed by atoms with Crippen molar-refractivity contribution in [1.82, 2.24) is 9.97 Å². The molecule has 1 saturated heterocycles. The molecule has 0 bridgehead atoms. The van der Waals surface area contributed by atoms with Gasteiger partial charge in [-0.1, -0.05) is 6.07 Å². The Kier molecular flexibility index (Phi) is 4.51. The summed E-state index contributed by atoms with van der Waals surface area (Å²) in [5.41, 5.74) is 2.10. The summed E-state index contributed by atoms with van der Waals surface area (Å²) in [6.07, 6.45) is 5.50. The van der Waals surface area contributed by atoms with E-state index >= 15 is 0 Å². The molecule has 2 aromatic heterocycles. The average molecular weight is 413 g/mol. The van der Waals surface area contributed by atoms with E-state index in [0.29, 0.717) is 23.4 Å². The first-order chi connectivity index (χ1) is 15.0. The van der Waals surface area contributed by atoms with Gasteiger partial charge < -0.3 is 9.84 Å². The number of fused-ring (bicyclic) bond motifs is 1. The maximum Gasteiger partial charge on any atom is 0.301 e. The molecule has 2 aliphatic rings. The molecule has 1 aromatic carbocycles. The molecule has 1 amide bonds. The largest absolute Gasteiger partial charge is 0.507 e. The van der Waals surface area contributed by atoms with Crippen molar-refractivity contribution in [2.45, 2.75) is 25.5 Å². The third-order valence-corrected chi connectivity index (χ3v) is 5.53. The molecule has 0 spiro atoms. The SMILES string of the molecule is CC1Cc2cc(/C(O)=C3\C(=O)C(=O)N(c4ccccn4)C3c3ccncc3)ccc2O1. The van der Waals surface area contributed by atoms with Crippen molar-refractivity contribution in [3.8, 4) is 5.75 Å². The maximum absolute atomic E-state index is 13.1.